The number of ether oxygens (including phenoxy) is 2. The van der Waals surface area contributed by atoms with Crippen molar-refractivity contribution >= 4 is 11.8 Å². The SMILES string of the molecule is CC[C@@H](C)N(CC(=O)N(Cc1ccco1)C[C@H]1CCCO1)C(=O)COc1ccccc1. The van der Waals surface area contributed by atoms with Crippen molar-refractivity contribution in [3.05, 3.63) is 54.5 Å². The van der Waals surface area contributed by atoms with Crippen molar-refractivity contribution in [2.75, 3.05) is 26.3 Å². The first kappa shape index (κ1) is 22.9. The summed E-state index contributed by atoms with van der Waals surface area (Å²) >= 11 is 0. The first-order valence-electron chi connectivity index (χ1n) is 11.0. The number of carbonyl (C=O) groups is 2. The standard InChI is InChI=1S/C24H32N2O5/c1-3-19(2)26(24(28)18-31-20-9-5-4-6-10-20)17-23(27)25(15-21-11-7-13-29-21)16-22-12-8-14-30-22/h4-7,9-11,13,19,22H,3,8,12,14-18H2,1-2H3/t19-,22-/m1/s1. The third kappa shape index (κ3) is 6.85. The van der Waals surface area contributed by atoms with Crippen LogP contribution in [0.15, 0.2) is 53.1 Å². The molecular formula is C24H32N2O5. The minimum absolute atomic E-state index is 0.000577. The van der Waals surface area contributed by atoms with Gasteiger partial charge in [0.15, 0.2) is 6.61 Å². The quantitative estimate of drug-likeness (QED) is 0.548. The van der Waals surface area contributed by atoms with Crippen LogP contribution in [0.25, 0.3) is 0 Å². The molecule has 1 aromatic carbocycles. The Labute approximate surface area is 183 Å². The van der Waals surface area contributed by atoms with Gasteiger partial charge >= 0.3 is 0 Å². The molecule has 0 radical (unpaired) electrons. The summed E-state index contributed by atoms with van der Waals surface area (Å²) in [5.74, 6) is 1.01. The fourth-order valence-electron chi connectivity index (χ4n) is 3.58. The van der Waals surface area contributed by atoms with Gasteiger partial charge in [-0.15, -0.1) is 0 Å². The highest BCUT2D eigenvalue weighted by molar-refractivity contribution is 5.85. The Bertz CT molecular complexity index is 803. The van der Waals surface area contributed by atoms with Crippen molar-refractivity contribution in [1.82, 2.24) is 9.80 Å². The van der Waals surface area contributed by atoms with E-state index in [1.165, 1.54) is 0 Å². The molecule has 0 aliphatic carbocycles. The molecule has 1 aromatic heterocycles. The number of hydrogen-bond donors (Lipinski definition) is 0. The van der Waals surface area contributed by atoms with Crippen molar-refractivity contribution < 1.29 is 23.5 Å². The van der Waals surface area contributed by atoms with Gasteiger partial charge in [0.2, 0.25) is 5.91 Å². The summed E-state index contributed by atoms with van der Waals surface area (Å²) in [5.41, 5.74) is 0. The zero-order chi connectivity index (χ0) is 22.1. The Balaban J connectivity index is 1.65. The van der Waals surface area contributed by atoms with Gasteiger partial charge in [-0.2, -0.15) is 0 Å². The van der Waals surface area contributed by atoms with Crippen LogP contribution in [0, 0.1) is 0 Å². The lowest BCUT2D eigenvalue weighted by atomic mass is 10.2. The molecular weight excluding hydrogens is 396 g/mol. The summed E-state index contributed by atoms with van der Waals surface area (Å²) in [7, 11) is 0. The average molecular weight is 429 g/mol. The van der Waals surface area contributed by atoms with Crippen LogP contribution < -0.4 is 4.74 Å². The van der Waals surface area contributed by atoms with Crippen LogP contribution in [0.3, 0.4) is 0 Å². The van der Waals surface area contributed by atoms with E-state index in [4.69, 9.17) is 13.9 Å². The molecule has 0 N–H and O–H groups in total. The summed E-state index contributed by atoms with van der Waals surface area (Å²) in [6.07, 6.45) is 4.30. The number of amides is 2. The fraction of sp³-hybridized carbons (Fsp3) is 0.500. The molecule has 0 bridgehead atoms. The number of para-hydroxylation sites is 1. The zero-order valence-corrected chi connectivity index (χ0v) is 18.4. The second kappa shape index (κ2) is 11.6. The highest BCUT2D eigenvalue weighted by atomic mass is 16.5. The van der Waals surface area contributed by atoms with Gasteiger partial charge in [0.25, 0.3) is 5.91 Å². The largest absolute Gasteiger partial charge is 0.484 e. The van der Waals surface area contributed by atoms with Crippen molar-refractivity contribution in [2.45, 2.75) is 51.8 Å². The maximum absolute atomic E-state index is 13.3. The molecule has 7 nitrogen and oxygen atoms in total. The van der Waals surface area contributed by atoms with Crippen LogP contribution in [-0.2, 0) is 20.9 Å². The minimum atomic E-state index is -0.207. The third-order valence-electron chi connectivity index (χ3n) is 5.58. The molecule has 1 saturated heterocycles. The van der Waals surface area contributed by atoms with E-state index in [9.17, 15) is 9.59 Å². The lowest BCUT2D eigenvalue weighted by Gasteiger charge is -2.31. The van der Waals surface area contributed by atoms with Crippen molar-refractivity contribution in [3.8, 4) is 5.75 Å². The number of hydrogen-bond acceptors (Lipinski definition) is 5. The second-order valence-electron chi connectivity index (χ2n) is 7.87. The predicted octanol–water partition coefficient (Wildman–Crippen LogP) is 3.49. The Morgan fingerprint density at radius 1 is 1.16 bits per heavy atom. The first-order chi connectivity index (χ1) is 15.1. The summed E-state index contributed by atoms with van der Waals surface area (Å²) in [6, 6.07) is 12.8. The van der Waals surface area contributed by atoms with Crippen molar-refractivity contribution in [1.29, 1.82) is 0 Å². The predicted molar refractivity (Wildman–Crippen MR) is 117 cm³/mol. The monoisotopic (exact) mass is 428 g/mol. The Morgan fingerprint density at radius 3 is 2.61 bits per heavy atom. The van der Waals surface area contributed by atoms with Crippen LogP contribution in [-0.4, -0.2) is 60.1 Å². The molecule has 3 rings (SSSR count). The molecule has 1 aliphatic rings. The fourth-order valence-corrected chi connectivity index (χ4v) is 3.58. The van der Waals surface area contributed by atoms with Gasteiger partial charge in [-0.3, -0.25) is 9.59 Å². The Hall–Kier alpha value is -2.80. The molecule has 1 fully saturated rings. The van der Waals surface area contributed by atoms with Crippen LogP contribution in [0.5, 0.6) is 5.75 Å². The molecule has 2 atom stereocenters. The van der Waals surface area contributed by atoms with Gasteiger partial charge in [-0.1, -0.05) is 25.1 Å². The lowest BCUT2D eigenvalue weighted by molar-refractivity contribution is -0.144. The molecule has 1 aliphatic heterocycles. The topological polar surface area (TPSA) is 72.2 Å². The highest BCUT2D eigenvalue weighted by Gasteiger charge is 2.28. The Morgan fingerprint density at radius 2 is 1.97 bits per heavy atom. The van der Waals surface area contributed by atoms with Crippen molar-refractivity contribution in [2.24, 2.45) is 0 Å². The summed E-state index contributed by atoms with van der Waals surface area (Å²) < 4.78 is 16.8. The van der Waals surface area contributed by atoms with Crippen LogP contribution in [0.4, 0.5) is 0 Å². The summed E-state index contributed by atoms with van der Waals surface area (Å²) in [5, 5.41) is 0. The summed E-state index contributed by atoms with van der Waals surface area (Å²) in [4.78, 5) is 29.5. The van der Waals surface area contributed by atoms with E-state index in [2.05, 4.69) is 0 Å². The third-order valence-corrected chi connectivity index (χ3v) is 5.58. The van der Waals surface area contributed by atoms with Gasteiger partial charge in [0, 0.05) is 19.2 Å². The van der Waals surface area contributed by atoms with E-state index in [0.29, 0.717) is 24.6 Å². The van der Waals surface area contributed by atoms with E-state index in [-0.39, 0.29) is 37.1 Å². The minimum Gasteiger partial charge on any atom is -0.484 e. The zero-order valence-electron chi connectivity index (χ0n) is 18.4. The lowest BCUT2D eigenvalue weighted by Crippen LogP contribution is -2.49. The molecule has 2 heterocycles. The molecule has 2 aromatic rings. The molecule has 0 saturated carbocycles. The maximum atomic E-state index is 13.3. The van der Waals surface area contributed by atoms with E-state index < -0.39 is 0 Å². The highest BCUT2D eigenvalue weighted by Crippen LogP contribution is 2.17. The molecule has 0 unspecified atom stereocenters. The van der Waals surface area contributed by atoms with Gasteiger partial charge < -0.3 is 23.7 Å². The summed E-state index contributed by atoms with van der Waals surface area (Å²) in [6.45, 7) is 5.41. The number of furan rings is 1. The van der Waals surface area contributed by atoms with E-state index in [1.54, 1.807) is 34.3 Å². The van der Waals surface area contributed by atoms with Gasteiger partial charge in [-0.05, 0) is 50.5 Å². The molecule has 31 heavy (non-hydrogen) atoms. The van der Waals surface area contributed by atoms with E-state index in [0.717, 1.165) is 25.9 Å². The average Bonchev–Trinajstić information content (AvgIpc) is 3.50. The molecule has 2 amide bonds. The van der Waals surface area contributed by atoms with Crippen LogP contribution in [0.2, 0.25) is 0 Å². The van der Waals surface area contributed by atoms with Crippen LogP contribution >= 0.6 is 0 Å². The normalized spacial score (nSPS) is 16.6. The molecule has 0 spiro atoms. The number of rotatable bonds is 11. The smallest absolute Gasteiger partial charge is 0.261 e. The first-order valence-corrected chi connectivity index (χ1v) is 11.0. The number of nitrogens with zero attached hydrogens (tertiary/aromatic N) is 2. The molecule has 168 valence electrons. The van der Waals surface area contributed by atoms with E-state index in [1.807, 2.05) is 38.1 Å². The second-order valence-corrected chi connectivity index (χ2v) is 7.87. The van der Waals surface area contributed by atoms with E-state index >= 15 is 0 Å². The Kier molecular flexibility index (Phi) is 8.53. The number of carbonyl (C=O) groups excluding carboxylic acids is 2. The van der Waals surface area contributed by atoms with Crippen molar-refractivity contribution in [3.63, 3.8) is 0 Å². The molecule has 7 heteroatoms. The maximum Gasteiger partial charge on any atom is 0.261 e. The van der Waals surface area contributed by atoms with Gasteiger partial charge in [-0.25, -0.2) is 0 Å². The van der Waals surface area contributed by atoms with Crippen LogP contribution in [0.1, 0.15) is 38.9 Å². The van der Waals surface area contributed by atoms with Gasteiger partial charge in [0.1, 0.15) is 18.1 Å². The van der Waals surface area contributed by atoms with Gasteiger partial charge in [0.05, 0.1) is 18.9 Å². The number of benzene rings is 1.